The fraction of sp³-hybridized carbons (Fsp3) is 0.929. The van der Waals surface area contributed by atoms with E-state index in [4.69, 9.17) is 19.3 Å². The van der Waals surface area contributed by atoms with Crippen LogP contribution >= 0.6 is 0 Å². The zero-order valence-corrected chi connectivity index (χ0v) is 12.5. The molecule has 2 heterocycles. The summed E-state index contributed by atoms with van der Waals surface area (Å²) < 4.78 is 16.9. The maximum atomic E-state index is 5.93. The summed E-state index contributed by atoms with van der Waals surface area (Å²) in [6.45, 7) is 8.32. The first kappa shape index (κ1) is 14.8. The third-order valence-electron chi connectivity index (χ3n) is 3.70. The lowest BCUT2D eigenvalue weighted by Gasteiger charge is -2.37. The lowest BCUT2D eigenvalue weighted by molar-refractivity contribution is -0.235. The van der Waals surface area contributed by atoms with E-state index in [1.54, 1.807) is 7.11 Å². The Morgan fingerprint density at radius 3 is 2.95 bits per heavy atom. The molecule has 0 aromatic rings. The van der Waals surface area contributed by atoms with E-state index in [1.807, 2.05) is 13.8 Å². The van der Waals surface area contributed by atoms with Crippen LogP contribution in [0.1, 0.15) is 40.0 Å². The van der Waals surface area contributed by atoms with Gasteiger partial charge in [-0.1, -0.05) is 6.92 Å². The van der Waals surface area contributed by atoms with Gasteiger partial charge in [-0.15, -0.1) is 0 Å². The number of hydrogen-bond acceptors (Lipinski definition) is 5. The lowest BCUT2D eigenvalue weighted by atomic mass is 10.1. The van der Waals surface area contributed by atoms with Crippen molar-refractivity contribution in [3.63, 3.8) is 0 Å². The fourth-order valence-electron chi connectivity index (χ4n) is 2.68. The van der Waals surface area contributed by atoms with Crippen molar-refractivity contribution in [1.29, 1.82) is 0 Å². The molecule has 0 bridgehead atoms. The van der Waals surface area contributed by atoms with E-state index in [-0.39, 0.29) is 6.10 Å². The van der Waals surface area contributed by atoms with Gasteiger partial charge in [-0.25, -0.2) is 0 Å². The highest BCUT2D eigenvalue weighted by Crippen LogP contribution is 2.24. The Bertz CT molecular complexity index is 331. The normalized spacial score (nSPS) is 33.1. The summed E-state index contributed by atoms with van der Waals surface area (Å²) in [6, 6.07) is 0.393. The molecule has 2 rings (SSSR count). The van der Waals surface area contributed by atoms with E-state index in [1.165, 1.54) is 6.42 Å². The number of ether oxygens (including phenoxy) is 3. The summed E-state index contributed by atoms with van der Waals surface area (Å²) in [5.74, 6) is -0.503. The summed E-state index contributed by atoms with van der Waals surface area (Å²) in [6.07, 6.45) is 3.31. The van der Waals surface area contributed by atoms with Gasteiger partial charge in [-0.2, -0.15) is 5.10 Å². The van der Waals surface area contributed by atoms with Gasteiger partial charge in [0.25, 0.3) is 0 Å². The molecule has 0 N–H and O–H groups in total. The zero-order chi connectivity index (χ0) is 13.9. The van der Waals surface area contributed by atoms with Crippen LogP contribution in [0.25, 0.3) is 0 Å². The van der Waals surface area contributed by atoms with Gasteiger partial charge in [0.05, 0.1) is 25.0 Å². The Labute approximate surface area is 115 Å². The maximum absolute atomic E-state index is 5.93. The first-order valence-electron chi connectivity index (χ1n) is 7.20. The summed E-state index contributed by atoms with van der Waals surface area (Å²) >= 11 is 0. The molecule has 0 radical (unpaired) electrons. The van der Waals surface area contributed by atoms with Gasteiger partial charge >= 0.3 is 0 Å². The lowest BCUT2D eigenvalue weighted by Crippen LogP contribution is -2.47. The van der Waals surface area contributed by atoms with E-state index in [2.05, 4.69) is 11.9 Å². The molecule has 2 atom stereocenters. The molecule has 2 aliphatic rings. The van der Waals surface area contributed by atoms with Crippen molar-refractivity contribution in [2.24, 2.45) is 5.10 Å². The van der Waals surface area contributed by atoms with Crippen LogP contribution in [-0.4, -0.2) is 55.5 Å². The van der Waals surface area contributed by atoms with Crippen molar-refractivity contribution in [3.8, 4) is 0 Å². The number of hydrogen-bond donors (Lipinski definition) is 0. The van der Waals surface area contributed by atoms with Gasteiger partial charge in [0, 0.05) is 13.7 Å². The Kier molecular flexibility index (Phi) is 4.81. The van der Waals surface area contributed by atoms with Gasteiger partial charge in [0.15, 0.2) is 5.79 Å². The molecule has 0 amide bonds. The quantitative estimate of drug-likeness (QED) is 0.784. The third-order valence-corrected chi connectivity index (χ3v) is 3.70. The van der Waals surface area contributed by atoms with Crippen molar-refractivity contribution in [1.82, 2.24) is 5.01 Å². The highest BCUT2D eigenvalue weighted by molar-refractivity contribution is 5.90. The molecule has 5 heteroatoms. The molecule has 0 spiro atoms. The van der Waals surface area contributed by atoms with Crippen molar-refractivity contribution in [2.75, 3.05) is 26.9 Å². The topological polar surface area (TPSA) is 43.3 Å². The predicted molar refractivity (Wildman–Crippen MR) is 74.2 cm³/mol. The number of nitrogens with zero attached hydrogens (tertiary/aromatic N) is 2. The zero-order valence-electron chi connectivity index (χ0n) is 12.5. The summed E-state index contributed by atoms with van der Waals surface area (Å²) in [5, 5.41) is 6.92. The van der Waals surface area contributed by atoms with Gasteiger partial charge in [0.1, 0.15) is 6.10 Å². The molecule has 2 fully saturated rings. The molecule has 2 saturated heterocycles. The number of hydrazone groups is 1. The average Bonchev–Trinajstić information content (AvgIpc) is 2.79. The Hall–Kier alpha value is -0.650. The van der Waals surface area contributed by atoms with Crippen molar-refractivity contribution >= 4 is 5.71 Å². The third kappa shape index (κ3) is 3.68. The predicted octanol–water partition coefficient (Wildman–Crippen LogP) is 2.01. The standard InChI is InChI=1S/C14H26N2O3/c1-5-13-12(10-18-14(2,3)19-13)15-16-8-6-7-11(16)9-17-4/h11,13H,5-10H2,1-4H3/b15-12+/t11-,13+/m0/s1. The molecule has 0 aromatic heterocycles. The van der Waals surface area contributed by atoms with Crippen LogP contribution in [0.5, 0.6) is 0 Å². The summed E-state index contributed by atoms with van der Waals surface area (Å²) in [5.41, 5.74) is 1.00. The highest BCUT2D eigenvalue weighted by Gasteiger charge is 2.34. The first-order valence-corrected chi connectivity index (χ1v) is 7.20. The van der Waals surface area contributed by atoms with Gasteiger partial charge < -0.3 is 14.2 Å². The molecule has 0 saturated carbocycles. The van der Waals surface area contributed by atoms with E-state index >= 15 is 0 Å². The van der Waals surface area contributed by atoms with Crippen LogP contribution in [0.15, 0.2) is 5.10 Å². The van der Waals surface area contributed by atoms with E-state index < -0.39 is 5.79 Å². The summed E-state index contributed by atoms with van der Waals surface area (Å²) in [7, 11) is 1.74. The Morgan fingerprint density at radius 2 is 2.26 bits per heavy atom. The minimum absolute atomic E-state index is 0.0625. The van der Waals surface area contributed by atoms with Crippen LogP contribution in [0, 0.1) is 0 Å². The first-order chi connectivity index (χ1) is 9.05. The van der Waals surface area contributed by atoms with Crippen molar-refractivity contribution in [3.05, 3.63) is 0 Å². The van der Waals surface area contributed by atoms with E-state index in [0.29, 0.717) is 12.6 Å². The molecule has 0 aromatic carbocycles. The second kappa shape index (κ2) is 6.20. The number of rotatable bonds is 4. The minimum Gasteiger partial charge on any atom is -0.382 e. The fourth-order valence-corrected chi connectivity index (χ4v) is 2.68. The molecule has 0 unspecified atom stereocenters. The molecule has 110 valence electrons. The number of methoxy groups -OCH3 is 1. The Balaban J connectivity index is 2.05. The van der Waals surface area contributed by atoms with Crippen LogP contribution in [-0.2, 0) is 14.2 Å². The molecule has 0 aliphatic carbocycles. The van der Waals surface area contributed by atoms with E-state index in [9.17, 15) is 0 Å². The van der Waals surface area contributed by atoms with Crippen LogP contribution in [0.2, 0.25) is 0 Å². The molecule has 2 aliphatic heterocycles. The second-order valence-electron chi connectivity index (χ2n) is 5.71. The minimum atomic E-state index is -0.503. The molecular formula is C14H26N2O3. The smallest absolute Gasteiger partial charge is 0.164 e. The van der Waals surface area contributed by atoms with Gasteiger partial charge in [0.2, 0.25) is 0 Å². The average molecular weight is 270 g/mol. The van der Waals surface area contributed by atoms with Crippen molar-refractivity contribution < 1.29 is 14.2 Å². The summed E-state index contributed by atoms with van der Waals surface area (Å²) in [4.78, 5) is 0. The molecule has 19 heavy (non-hydrogen) atoms. The van der Waals surface area contributed by atoms with E-state index in [0.717, 1.165) is 31.7 Å². The monoisotopic (exact) mass is 270 g/mol. The van der Waals surface area contributed by atoms with Gasteiger partial charge in [-0.3, -0.25) is 5.01 Å². The SMILES string of the molecule is CC[C@H]1OC(C)(C)OC/C1=N\N1CCC[C@H]1COC. The Morgan fingerprint density at radius 1 is 1.47 bits per heavy atom. The van der Waals surface area contributed by atoms with Crippen molar-refractivity contribution in [2.45, 2.75) is 58.0 Å². The molecular weight excluding hydrogens is 244 g/mol. The maximum Gasteiger partial charge on any atom is 0.164 e. The van der Waals surface area contributed by atoms with Gasteiger partial charge in [-0.05, 0) is 33.1 Å². The molecule has 5 nitrogen and oxygen atoms in total. The van der Waals surface area contributed by atoms with Crippen LogP contribution in [0.3, 0.4) is 0 Å². The van der Waals surface area contributed by atoms with Crippen LogP contribution < -0.4 is 0 Å². The largest absolute Gasteiger partial charge is 0.382 e. The van der Waals surface area contributed by atoms with Crippen LogP contribution in [0.4, 0.5) is 0 Å². The highest BCUT2D eigenvalue weighted by atomic mass is 16.7. The second-order valence-corrected chi connectivity index (χ2v) is 5.71.